The van der Waals surface area contributed by atoms with Gasteiger partial charge < -0.3 is 24.8 Å². The van der Waals surface area contributed by atoms with Crippen molar-refractivity contribution in [2.75, 3.05) is 13.1 Å². The molecule has 10 heteroatoms. The second-order valence-corrected chi connectivity index (χ2v) is 9.75. The number of hydrogen-bond donors (Lipinski definition) is 2. The lowest BCUT2D eigenvalue weighted by molar-refractivity contribution is -0.274. The summed E-state index contributed by atoms with van der Waals surface area (Å²) in [6.45, 7) is 6.12. The van der Waals surface area contributed by atoms with E-state index in [9.17, 15) is 27.9 Å². The first kappa shape index (κ1) is 25.1. The summed E-state index contributed by atoms with van der Waals surface area (Å²) >= 11 is 0. The molecule has 1 aromatic carbocycles. The maximum atomic E-state index is 13.4. The van der Waals surface area contributed by atoms with Crippen LogP contribution in [0.25, 0.3) is 0 Å². The van der Waals surface area contributed by atoms with Crippen LogP contribution in [0.15, 0.2) is 24.3 Å². The van der Waals surface area contributed by atoms with Gasteiger partial charge >= 0.3 is 12.5 Å². The van der Waals surface area contributed by atoms with Crippen molar-refractivity contribution in [2.24, 2.45) is 0 Å². The van der Waals surface area contributed by atoms with Crippen LogP contribution in [-0.4, -0.2) is 58.7 Å². The second kappa shape index (κ2) is 9.40. The van der Waals surface area contributed by atoms with Gasteiger partial charge in [-0.3, -0.25) is 4.79 Å². The summed E-state index contributed by atoms with van der Waals surface area (Å²) in [5, 5.41) is 13.8. The largest absolute Gasteiger partial charge is 0.573 e. The van der Waals surface area contributed by atoms with E-state index >= 15 is 0 Å². The van der Waals surface area contributed by atoms with Crippen LogP contribution < -0.4 is 10.1 Å². The lowest BCUT2D eigenvalue weighted by atomic mass is 9.68. The van der Waals surface area contributed by atoms with Crippen LogP contribution >= 0.6 is 0 Å². The fraction of sp³-hybridized carbons (Fsp3) is 0.652. The quantitative estimate of drug-likeness (QED) is 0.674. The SMILES string of the molecule is CC(C)(C)OC(=O)NC1CCN(C(=O)C(c2ccc(OC(F)(F)F)cc2)C2(O)CCC2)CC1. The fourth-order valence-corrected chi connectivity index (χ4v) is 4.27. The Labute approximate surface area is 191 Å². The molecule has 1 heterocycles. The Bertz CT molecular complexity index is 839. The molecule has 0 radical (unpaired) electrons. The highest BCUT2D eigenvalue weighted by Crippen LogP contribution is 2.45. The number of carbonyl (C=O) groups excluding carboxylic acids is 2. The number of nitrogens with one attached hydrogen (secondary N) is 1. The predicted octanol–water partition coefficient (Wildman–Crippen LogP) is 4.10. The number of hydrogen-bond acceptors (Lipinski definition) is 5. The summed E-state index contributed by atoms with van der Waals surface area (Å²) in [5.74, 6) is -1.52. The minimum atomic E-state index is -4.80. The Morgan fingerprint density at radius 2 is 1.70 bits per heavy atom. The molecule has 1 unspecified atom stereocenters. The molecule has 184 valence electrons. The highest BCUT2D eigenvalue weighted by Gasteiger charge is 2.48. The standard InChI is InChI=1S/C23H31F3N2O5/c1-21(2,3)33-20(30)27-16-9-13-28(14-10-16)19(29)18(22(31)11-4-12-22)15-5-7-17(8-6-15)32-23(24,25)26/h5-8,16,18,31H,4,9-14H2,1-3H3,(H,27,30). The number of benzene rings is 1. The minimum absolute atomic E-state index is 0.132. The fourth-order valence-electron chi connectivity index (χ4n) is 4.27. The van der Waals surface area contributed by atoms with Gasteiger partial charge in [0.25, 0.3) is 0 Å². The van der Waals surface area contributed by atoms with Crippen molar-refractivity contribution in [3.8, 4) is 5.75 Å². The average molecular weight is 473 g/mol. The zero-order valence-corrected chi connectivity index (χ0v) is 19.1. The summed E-state index contributed by atoms with van der Waals surface area (Å²) in [7, 11) is 0. The first-order chi connectivity index (χ1) is 15.3. The third-order valence-electron chi connectivity index (χ3n) is 5.98. The smallest absolute Gasteiger partial charge is 0.444 e. The van der Waals surface area contributed by atoms with Gasteiger partial charge in [-0.05, 0) is 70.6 Å². The number of piperidine rings is 1. The molecule has 0 aromatic heterocycles. The number of carbonyl (C=O) groups is 2. The third kappa shape index (κ3) is 6.75. The van der Waals surface area contributed by atoms with E-state index in [1.54, 1.807) is 25.7 Å². The van der Waals surface area contributed by atoms with Crippen LogP contribution in [0.5, 0.6) is 5.75 Å². The van der Waals surface area contributed by atoms with Crippen LogP contribution in [0, 0.1) is 0 Å². The first-order valence-corrected chi connectivity index (χ1v) is 11.1. The Balaban J connectivity index is 1.66. The number of halogens is 3. The Morgan fingerprint density at radius 3 is 2.15 bits per heavy atom. The molecule has 1 saturated carbocycles. The molecular formula is C23H31F3N2O5. The van der Waals surface area contributed by atoms with E-state index in [0.29, 0.717) is 44.3 Å². The first-order valence-electron chi connectivity index (χ1n) is 11.1. The van der Waals surface area contributed by atoms with E-state index in [-0.39, 0.29) is 17.7 Å². The molecule has 1 saturated heterocycles. The average Bonchev–Trinajstić information content (AvgIpc) is 2.66. The van der Waals surface area contributed by atoms with Crippen molar-refractivity contribution in [2.45, 2.75) is 82.4 Å². The molecule has 3 rings (SSSR count). The highest BCUT2D eigenvalue weighted by molar-refractivity contribution is 5.85. The van der Waals surface area contributed by atoms with Gasteiger partial charge in [-0.2, -0.15) is 0 Å². The normalized spacial score (nSPS) is 19.9. The molecule has 33 heavy (non-hydrogen) atoms. The van der Waals surface area contributed by atoms with Crippen molar-refractivity contribution in [3.63, 3.8) is 0 Å². The molecule has 2 fully saturated rings. The second-order valence-electron chi connectivity index (χ2n) is 9.75. The number of aliphatic hydroxyl groups is 1. The number of nitrogens with zero attached hydrogens (tertiary/aromatic N) is 1. The zero-order chi connectivity index (χ0) is 24.4. The third-order valence-corrected chi connectivity index (χ3v) is 5.98. The van der Waals surface area contributed by atoms with Gasteiger partial charge in [0.05, 0.1) is 11.5 Å². The summed E-state index contributed by atoms with van der Waals surface area (Å²) in [5.41, 5.74) is -1.38. The van der Waals surface area contributed by atoms with Crippen molar-refractivity contribution < 1.29 is 37.3 Å². The molecule has 1 aliphatic heterocycles. The van der Waals surface area contributed by atoms with Crippen LogP contribution in [-0.2, 0) is 9.53 Å². The minimum Gasteiger partial charge on any atom is -0.444 e. The lowest BCUT2D eigenvalue weighted by Gasteiger charge is -2.45. The summed E-state index contributed by atoms with van der Waals surface area (Å²) in [6, 6.07) is 4.98. The number of likely N-dealkylation sites (tertiary alicyclic amines) is 1. The van der Waals surface area contributed by atoms with Crippen LogP contribution in [0.3, 0.4) is 0 Å². The molecule has 2 aliphatic rings. The van der Waals surface area contributed by atoms with Crippen LogP contribution in [0.4, 0.5) is 18.0 Å². The molecule has 2 N–H and O–H groups in total. The van der Waals surface area contributed by atoms with E-state index in [4.69, 9.17) is 4.74 Å². The van der Waals surface area contributed by atoms with E-state index < -0.39 is 29.6 Å². The molecule has 1 atom stereocenters. The lowest BCUT2D eigenvalue weighted by Crippen LogP contribution is -2.53. The van der Waals surface area contributed by atoms with E-state index in [0.717, 1.165) is 18.6 Å². The number of rotatable bonds is 5. The van der Waals surface area contributed by atoms with E-state index in [1.807, 2.05) is 0 Å². The van der Waals surface area contributed by atoms with Gasteiger partial charge in [-0.1, -0.05) is 12.1 Å². The molecule has 0 bridgehead atoms. The van der Waals surface area contributed by atoms with E-state index in [1.165, 1.54) is 12.1 Å². The Hall–Kier alpha value is -2.49. The maximum Gasteiger partial charge on any atom is 0.573 e. The van der Waals surface area contributed by atoms with Gasteiger partial charge in [0, 0.05) is 19.1 Å². The molecule has 1 aromatic rings. The van der Waals surface area contributed by atoms with Crippen LogP contribution in [0.2, 0.25) is 0 Å². The number of amides is 2. The molecular weight excluding hydrogens is 441 g/mol. The number of ether oxygens (including phenoxy) is 2. The van der Waals surface area contributed by atoms with Crippen LogP contribution in [0.1, 0.15) is 64.4 Å². The van der Waals surface area contributed by atoms with Gasteiger partial charge in [-0.15, -0.1) is 13.2 Å². The van der Waals surface area contributed by atoms with Gasteiger partial charge in [-0.25, -0.2) is 4.79 Å². The van der Waals surface area contributed by atoms with Gasteiger partial charge in [0.1, 0.15) is 11.4 Å². The number of alkyl halides is 3. The van der Waals surface area contributed by atoms with Gasteiger partial charge in [0.15, 0.2) is 0 Å². The molecule has 0 spiro atoms. The summed E-state index contributed by atoms with van der Waals surface area (Å²) in [4.78, 5) is 27.1. The van der Waals surface area contributed by atoms with Gasteiger partial charge in [0.2, 0.25) is 5.91 Å². The summed E-state index contributed by atoms with van der Waals surface area (Å²) < 4.78 is 46.6. The highest BCUT2D eigenvalue weighted by atomic mass is 19.4. The zero-order valence-electron chi connectivity index (χ0n) is 19.1. The topological polar surface area (TPSA) is 88.1 Å². The Kier molecular flexibility index (Phi) is 7.16. The maximum absolute atomic E-state index is 13.4. The molecule has 7 nitrogen and oxygen atoms in total. The molecule has 1 aliphatic carbocycles. The van der Waals surface area contributed by atoms with Crippen molar-refractivity contribution in [3.05, 3.63) is 29.8 Å². The Morgan fingerprint density at radius 1 is 1.12 bits per heavy atom. The van der Waals surface area contributed by atoms with Crippen molar-refractivity contribution in [1.29, 1.82) is 0 Å². The monoisotopic (exact) mass is 472 g/mol. The number of alkyl carbamates (subject to hydrolysis) is 1. The van der Waals surface area contributed by atoms with Crippen molar-refractivity contribution >= 4 is 12.0 Å². The van der Waals surface area contributed by atoms with E-state index in [2.05, 4.69) is 10.1 Å². The predicted molar refractivity (Wildman–Crippen MR) is 114 cm³/mol. The molecule has 2 amide bonds. The van der Waals surface area contributed by atoms with Crippen molar-refractivity contribution in [1.82, 2.24) is 10.2 Å². The summed E-state index contributed by atoms with van der Waals surface area (Å²) in [6.07, 6.45) is -2.57.